The van der Waals surface area contributed by atoms with Gasteiger partial charge < -0.3 is 5.73 Å². The lowest BCUT2D eigenvalue weighted by Gasteiger charge is -2.31. The molecular formula is C8H15NO2S2. The lowest BCUT2D eigenvalue weighted by molar-refractivity contribution is 0.489. The standard InChI is InChI=1S/C8H15NO2S2/c9-7-4-8(12-5-7)2-1-3-13(10,11)6-8/h7H,1-6,9H2. The highest BCUT2D eigenvalue weighted by Gasteiger charge is 2.44. The van der Waals surface area contributed by atoms with E-state index in [9.17, 15) is 8.42 Å². The minimum Gasteiger partial charge on any atom is -0.327 e. The van der Waals surface area contributed by atoms with E-state index < -0.39 is 9.84 Å². The van der Waals surface area contributed by atoms with Crippen LogP contribution in [0.1, 0.15) is 19.3 Å². The molecule has 13 heavy (non-hydrogen) atoms. The lowest BCUT2D eigenvalue weighted by atomic mass is 9.97. The molecule has 2 heterocycles. The van der Waals surface area contributed by atoms with E-state index in [2.05, 4.69) is 0 Å². The van der Waals surface area contributed by atoms with E-state index in [1.165, 1.54) is 0 Å². The third-order valence-electron chi connectivity index (χ3n) is 2.81. The summed E-state index contributed by atoms with van der Waals surface area (Å²) in [4.78, 5) is 0. The van der Waals surface area contributed by atoms with Crippen molar-refractivity contribution in [2.45, 2.75) is 30.1 Å². The molecule has 2 N–H and O–H groups in total. The van der Waals surface area contributed by atoms with Gasteiger partial charge in [-0.05, 0) is 19.3 Å². The van der Waals surface area contributed by atoms with Crippen LogP contribution in [0.5, 0.6) is 0 Å². The molecule has 0 aromatic carbocycles. The van der Waals surface area contributed by atoms with Gasteiger partial charge in [-0.3, -0.25) is 0 Å². The van der Waals surface area contributed by atoms with Crippen molar-refractivity contribution in [3.05, 3.63) is 0 Å². The fourth-order valence-electron chi connectivity index (χ4n) is 2.31. The van der Waals surface area contributed by atoms with Crippen molar-refractivity contribution in [2.24, 2.45) is 5.73 Å². The molecular weight excluding hydrogens is 206 g/mol. The van der Waals surface area contributed by atoms with Crippen molar-refractivity contribution in [2.75, 3.05) is 17.3 Å². The first-order chi connectivity index (χ1) is 6.02. The molecule has 3 nitrogen and oxygen atoms in total. The second-order valence-corrected chi connectivity index (χ2v) is 7.83. The smallest absolute Gasteiger partial charge is 0.151 e. The Hall–Kier alpha value is 0.260. The number of hydrogen-bond acceptors (Lipinski definition) is 4. The molecule has 0 radical (unpaired) electrons. The van der Waals surface area contributed by atoms with Gasteiger partial charge in [-0.25, -0.2) is 8.42 Å². The van der Waals surface area contributed by atoms with E-state index >= 15 is 0 Å². The molecule has 0 saturated carbocycles. The summed E-state index contributed by atoms with van der Waals surface area (Å²) in [5.74, 6) is 1.67. The monoisotopic (exact) mass is 221 g/mol. The lowest BCUT2D eigenvalue weighted by Crippen LogP contribution is -2.39. The molecule has 0 aromatic rings. The van der Waals surface area contributed by atoms with Crippen molar-refractivity contribution >= 4 is 21.6 Å². The highest BCUT2D eigenvalue weighted by molar-refractivity contribution is 8.02. The molecule has 2 aliphatic rings. The van der Waals surface area contributed by atoms with Crippen molar-refractivity contribution in [3.8, 4) is 0 Å². The first-order valence-corrected chi connectivity index (χ1v) is 7.42. The molecule has 2 unspecified atom stereocenters. The number of hydrogen-bond donors (Lipinski definition) is 1. The number of sulfone groups is 1. The molecule has 2 saturated heterocycles. The summed E-state index contributed by atoms with van der Waals surface area (Å²) in [5.41, 5.74) is 5.81. The zero-order valence-corrected chi connectivity index (χ0v) is 9.16. The van der Waals surface area contributed by atoms with Crippen molar-refractivity contribution in [1.82, 2.24) is 0 Å². The van der Waals surface area contributed by atoms with Gasteiger partial charge in [0.2, 0.25) is 0 Å². The SMILES string of the molecule is NC1CSC2(CCCS(=O)(=O)C2)C1. The van der Waals surface area contributed by atoms with Crippen molar-refractivity contribution < 1.29 is 8.42 Å². The summed E-state index contributed by atoms with van der Waals surface area (Å²) in [6.45, 7) is 0. The second kappa shape index (κ2) is 3.14. The Bertz CT molecular complexity index is 297. The number of thioether (sulfide) groups is 1. The molecule has 0 aromatic heterocycles. The Labute approximate surface area is 83.4 Å². The van der Waals surface area contributed by atoms with Crippen LogP contribution in [0.2, 0.25) is 0 Å². The third-order valence-corrected chi connectivity index (χ3v) is 6.62. The Morgan fingerprint density at radius 2 is 2.23 bits per heavy atom. The van der Waals surface area contributed by atoms with Crippen molar-refractivity contribution in [3.63, 3.8) is 0 Å². The van der Waals surface area contributed by atoms with Gasteiger partial charge in [-0.1, -0.05) is 0 Å². The Morgan fingerprint density at radius 3 is 2.77 bits per heavy atom. The quantitative estimate of drug-likeness (QED) is 0.643. The Balaban J connectivity index is 2.16. The molecule has 1 spiro atoms. The maximum atomic E-state index is 11.5. The third kappa shape index (κ3) is 2.02. The fraction of sp³-hybridized carbons (Fsp3) is 1.00. The zero-order chi connectivity index (χ0) is 9.53. The van der Waals surface area contributed by atoms with E-state index in [1.807, 2.05) is 0 Å². The molecule has 0 bridgehead atoms. The van der Waals surface area contributed by atoms with Crippen LogP contribution in [0.4, 0.5) is 0 Å². The summed E-state index contributed by atoms with van der Waals surface area (Å²) in [6, 6.07) is 0.207. The van der Waals surface area contributed by atoms with E-state index in [1.54, 1.807) is 11.8 Å². The predicted molar refractivity (Wildman–Crippen MR) is 55.7 cm³/mol. The van der Waals surface area contributed by atoms with Crippen LogP contribution in [-0.2, 0) is 9.84 Å². The van der Waals surface area contributed by atoms with Gasteiger partial charge in [0.15, 0.2) is 9.84 Å². The highest BCUT2D eigenvalue weighted by atomic mass is 32.2. The predicted octanol–water partition coefficient (Wildman–Crippen LogP) is 0.398. The van der Waals surface area contributed by atoms with E-state index in [0.29, 0.717) is 11.5 Å². The van der Waals surface area contributed by atoms with Gasteiger partial charge in [-0.2, -0.15) is 11.8 Å². The summed E-state index contributed by atoms with van der Waals surface area (Å²) in [7, 11) is -2.77. The first kappa shape index (κ1) is 9.80. The average Bonchev–Trinajstić information content (AvgIpc) is 2.29. The molecule has 2 rings (SSSR count). The maximum absolute atomic E-state index is 11.5. The highest BCUT2D eigenvalue weighted by Crippen LogP contribution is 2.44. The topological polar surface area (TPSA) is 60.2 Å². The van der Waals surface area contributed by atoms with Crippen LogP contribution in [-0.4, -0.2) is 36.5 Å². The minimum absolute atomic E-state index is 0.0174. The van der Waals surface area contributed by atoms with Gasteiger partial charge in [0.1, 0.15) is 0 Å². The van der Waals surface area contributed by atoms with Crippen LogP contribution >= 0.6 is 11.8 Å². The molecule has 2 atom stereocenters. The first-order valence-electron chi connectivity index (χ1n) is 4.61. The fourth-order valence-corrected chi connectivity index (χ4v) is 6.28. The summed E-state index contributed by atoms with van der Waals surface area (Å²) >= 11 is 1.77. The van der Waals surface area contributed by atoms with E-state index in [-0.39, 0.29) is 10.8 Å². The van der Waals surface area contributed by atoms with E-state index in [0.717, 1.165) is 25.0 Å². The second-order valence-electron chi connectivity index (χ2n) is 4.15. The van der Waals surface area contributed by atoms with Gasteiger partial charge >= 0.3 is 0 Å². The molecule has 2 aliphatic heterocycles. The molecule has 0 amide bonds. The Kier molecular flexibility index (Phi) is 2.37. The molecule has 2 fully saturated rings. The van der Waals surface area contributed by atoms with Crippen molar-refractivity contribution in [1.29, 1.82) is 0 Å². The van der Waals surface area contributed by atoms with Crippen LogP contribution in [0.3, 0.4) is 0 Å². The molecule has 76 valence electrons. The van der Waals surface area contributed by atoms with Crippen LogP contribution in [0.15, 0.2) is 0 Å². The van der Waals surface area contributed by atoms with Crippen LogP contribution in [0.25, 0.3) is 0 Å². The molecule has 5 heteroatoms. The molecule has 0 aliphatic carbocycles. The number of nitrogens with two attached hydrogens (primary N) is 1. The van der Waals surface area contributed by atoms with Crippen LogP contribution < -0.4 is 5.73 Å². The van der Waals surface area contributed by atoms with Gasteiger partial charge in [0.05, 0.1) is 11.5 Å². The summed E-state index contributed by atoms with van der Waals surface area (Å²) < 4.78 is 22.9. The zero-order valence-electron chi connectivity index (χ0n) is 7.53. The van der Waals surface area contributed by atoms with Gasteiger partial charge in [0.25, 0.3) is 0 Å². The van der Waals surface area contributed by atoms with Gasteiger partial charge in [0, 0.05) is 16.5 Å². The summed E-state index contributed by atoms with van der Waals surface area (Å²) in [6.07, 6.45) is 2.74. The average molecular weight is 221 g/mol. The van der Waals surface area contributed by atoms with Crippen LogP contribution in [0, 0.1) is 0 Å². The largest absolute Gasteiger partial charge is 0.327 e. The number of rotatable bonds is 0. The normalized spacial score (nSPS) is 43.9. The minimum atomic E-state index is -2.77. The summed E-state index contributed by atoms with van der Waals surface area (Å²) in [5, 5.41) is 0. The van der Waals surface area contributed by atoms with Gasteiger partial charge in [-0.15, -0.1) is 0 Å². The maximum Gasteiger partial charge on any atom is 0.151 e. The Morgan fingerprint density at radius 1 is 1.46 bits per heavy atom. The van der Waals surface area contributed by atoms with E-state index in [4.69, 9.17) is 5.73 Å².